The zero-order valence-electron chi connectivity index (χ0n) is 15.1. The third-order valence-corrected chi connectivity index (χ3v) is 3.99. The Morgan fingerprint density at radius 1 is 1.37 bits per heavy atom. The van der Waals surface area contributed by atoms with Crippen molar-refractivity contribution in [3.8, 4) is 6.07 Å². The normalized spacial score (nSPS) is 10.9. The Morgan fingerprint density at radius 3 is 2.93 bits per heavy atom. The van der Waals surface area contributed by atoms with Gasteiger partial charge in [0.1, 0.15) is 5.56 Å². The number of carbonyl (C=O) groups excluding carboxylic acids is 1. The van der Waals surface area contributed by atoms with E-state index in [1.165, 1.54) is 16.8 Å². The molecule has 138 valence electrons. The average Bonchev–Trinajstić information content (AvgIpc) is 3.06. The molecule has 3 aromatic rings. The van der Waals surface area contributed by atoms with Crippen molar-refractivity contribution in [3.05, 3.63) is 69.3 Å². The maximum absolute atomic E-state index is 12.3. The molecular weight excluding hydrogens is 346 g/mol. The Balaban J connectivity index is 1.84. The molecule has 3 rings (SSSR count). The molecule has 0 spiro atoms. The first kappa shape index (κ1) is 18.4. The molecule has 0 aliphatic heterocycles. The minimum Gasteiger partial charge on any atom is -0.462 e. The molecule has 27 heavy (non-hydrogen) atoms. The van der Waals surface area contributed by atoms with Crippen LogP contribution in [0.25, 0.3) is 5.65 Å². The molecule has 0 bridgehead atoms. The lowest BCUT2D eigenvalue weighted by atomic mass is 10.1. The lowest BCUT2D eigenvalue weighted by molar-refractivity contribution is 0.0528. The van der Waals surface area contributed by atoms with Gasteiger partial charge >= 0.3 is 5.97 Å². The first-order chi connectivity index (χ1) is 13.0. The van der Waals surface area contributed by atoms with Crippen LogP contribution in [0.4, 0.5) is 0 Å². The van der Waals surface area contributed by atoms with E-state index in [1.54, 1.807) is 13.0 Å². The largest absolute Gasteiger partial charge is 0.462 e. The molecule has 0 saturated heterocycles. The van der Waals surface area contributed by atoms with E-state index in [0.717, 1.165) is 5.56 Å². The topological polar surface area (TPSA) is 103 Å². The standard InChI is InChI=1S/C19H19N5O3/c1-3-27-19(26)16-10-21-24-17(25)8-15(22-18(16)24)12-23(2)11-14-6-4-5-13(7-14)9-20/h4-8,10,21H,3,11-12H2,1-2H3. The van der Waals surface area contributed by atoms with Crippen LogP contribution in [0.5, 0.6) is 0 Å². The predicted octanol–water partition coefficient (Wildman–Crippen LogP) is 1.70. The summed E-state index contributed by atoms with van der Waals surface area (Å²) in [7, 11) is 1.89. The van der Waals surface area contributed by atoms with Crippen molar-refractivity contribution in [2.75, 3.05) is 13.7 Å². The van der Waals surface area contributed by atoms with Gasteiger partial charge in [-0.15, -0.1) is 0 Å². The van der Waals surface area contributed by atoms with Gasteiger partial charge < -0.3 is 4.74 Å². The molecular formula is C19H19N5O3. The molecule has 0 atom stereocenters. The molecule has 1 N–H and O–H groups in total. The third kappa shape index (κ3) is 4.04. The van der Waals surface area contributed by atoms with Gasteiger partial charge in [0, 0.05) is 25.4 Å². The molecule has 0 radical (unpaired) electrons. The molecule has 0 aliphatic carbocycles. The van der Waals surface area contributed by atoms with Gasteiger partial charge in [0.15, 0.2) is 5.65 Å². The molecule has 0 aliphatic rings. The number of carbonyl (C=O) groups is 1. The van der Waals surface area contributed by atoms with Crippen LogP contribution in [0.1, 0.15) is 34.1 Å². The van der Waals surface area contributed by atoms with Crippen LogP contribution in [-0.2, 0) is 17.8 Å². The number of aromatic amines is 1. The van der Waals surface area contributed by atoms with Crippen LogP contribution in [0.3, 0.4) is 0 Å². The first-order valence-corrected chi connectivity index (χ1v) is 8.46. The number of hydrogen-bond donors (Lipinski definition) is 1. The summed E-state index contributed by atoms with van der Waals surface area (Å²) in [5, 5.41) is 11.7. The first-order valence-electron chi connectivity index (χ1n) is 8.46. The maximum Gasteiger partial charge on any atom is 0.343 e. The highest BCUT2D eigenvalue weighted by molar-refractivity contribution is 5.95. The predicted molar refractivity (Wildman–Crippen MR) is 98.1 cm³/mol. The van der Waals surface area contributed by atoms with Crippen LogP contribution in [0.2, 0.25) is 0 Å². The second-order valence-corrected chi connectivity index (χ2v) is 6.14. The number of aromatic nitrogens is 3. The fourth-order valence-electron chi connectivity index (χ4n) is 2.85. The van der Waals surface area contributed by atoms with Crippen LogP contribution >= 0.6 is 0 Å². The Kier molecular flexibility index (Phi) is 5.33. The number of benzene rings is 1. The van der Waals surface area contributed by atoms with Gasteiger partial charge in [0.25, 0.3) is 5.56 Å². The van der Waals surface area contributed by atoms with Gasteiger partial charge in [-0.25, -0.2) is 14.3 Å². The summed E-state index contributed by atoms with van der Waals surface area (Å²) in [5.41, 5.74) is 2.30. The summed E-state index contributed by atoms with van der Waals surface area (Å²) >= 11 is 0. The van der Waals surface area contributed by atoms with Crippen molar-refractivity contribution in [2.24, 2.45) is 0 Å². The Hall–Kier alpha value is -3.44. The summed E-state index contributed by atoms with van der Waals surface area (Å²) in [5.74, 6) is -0.526. The zero-order chi connectivity index (χ0) is 19.4. The van der Waals surface area contributed by atoms with Crippen molar-refractivity contribution in [2.45, 2.75) is 20.0 Å². The lowest BCUT2D eigenvalue weighted by Gasteiger charge is -2.16. The summed E-state index contributed by atoms with van der Waals surface area (Å²) in [4.78, 5) is 30.8. The van der Waals surface area contributed by atoms with Crippen LogP contribution < -0.4 is 5.56 Å². The fourth-order valence-corrected chi connectivity index (χ4v) is 2.85. The molecule has 0 saturated carbocycles. The number of rotatable bonds is 6. The summed E-state index contributed by atoms with van der Waals surface area (Å²) < 4.78 is 6.22. The van der Waals surface area contributed by atoms with Crippen molar-refractivity contribution < 1.29 is 9.53 Å². The van der Waals surface area contributed by atoms with Crippen LogP contribution in [0.15, 0.2) is 41.3 Å². The molecule has 2 heterocycles. The molecule has 2 aromatic heterocycles. The number of fused-ring (bicyclic) bond motifs is 1. The maximum atomic E-state index is 12.3. The van der Waals surface area contributed by atoms with E-state index in [9.17, 15) is 9.59 Å². The highest BCUT2D eigenvalue weighted by atomic mass is 16.5. The molecule has 0 amide bonds. The SMILES string of the molecule is CCOC(=O)c1c[nH]n2c(=O)cc(CN(C)Cc3cccc(C#N)c3)nc12. The van der Waals surface area contributed by atoms with Crippen LogP contribution in [-0.4, -0.2) is 39.1 Å². The van der Waals surface area contributed by atoms with E-state index in [4.69, 9.17) is 10.00 Å². The van der Waals surface area contributed by atoms with Crippen molar-refractivity contribution in [1.29, 1.82) is 5.26 Å². The number of esters is 1. The Labute approximate surface area is 155 Å². The summed E-state index contributed by atoms with van der Waals surface area (Å²) in [6.45, 7) is 2.96. The van der Waals surface area contributed by atoms with E-state index in [1.807, 2.05) is 30.1 Å². The van der Waals surface area contributed by atoms with Gasteiger partial charge in [0.05, 0.1) is 23.9 Å². The number of nitriles is 1. The highest BCUT2D eigenvalue weighted by Gasteiger charge is 2.17. The number of nitrogens with zero attached hydrogens (tertiary/aromatic N) is 4. The molecule has 8 heteroatoms. The van der Waals surface area contributed by atoms with Gasteiger partial charge in [-0.05, 0) is 31.7 Å². The highest BCUT2D eigenvalue weighted by Crippen LogP contribution is 2.11. The minimum absolute atomic E-state index is 0.222. The molecule has 0 fully saturated rings. The van der Waals surface area contributed by atoms with E-state index in [2.05, 4.69) is 16.2 Å². The van der Waals surface area contributed by atoms with Crippen molar-refractivity contribution >= 4 is 11.6 Å². The fraction of sp³-hybridized carbons (Fsp3) is 0.263. The molecule has 8 nitrogen and oxygen atoms in total. The number of hydrogen-bond acceptors (Lipinski definition) is 6. The second-order valence-electron chi connectivity index (χ2n) is 6.14. The average molecular weight is 365 g/mol. The third-order valence-electron chi connectivity index (χ3n) is 3.99. The van der Waals surface area contributed by atoms with E-state index >= 15 is 0 Å². The quantitative estimate of drug-likeness (QED) is 0.667. The minimum atomic E-state index is -0.526. The molecule has 1 aromatic carbocycles. The second kappa shape index (κ2) is 7.85. The summed E-state index contributed by atoms with van der Waals surface area (Å²) in [6, 6.07) is 10.9. The monoisotopic (exact) mass is 365 g/mol. The zero-order valence-corrected chi connectivity index (χ0v) is 15.1. The van der Waals surface area contributed by atoms with Gasteiger partial charge in [-0.3, -0.25) is 14.8 Å². The Bertz CT molecular complexity index is 1080. The van der Waals surface area contributed by atoms with Crippen molar-refractivity contribution in [3.63, 3.8) is 0 Å². The smallest absolute Gasteiger partial charge is 0.343 e. The van der Waals surface area contributed by atoms with E-state index < -0.39 is 5.97 Å². The van der Waals surface area contributed by atoms with E-state index in [0.29, 0.717) is 24.3 Å². The van der Waals surface area contributed by atoms with Gasteiger partial charge in [0.2, 0.25) is 0 Å². The molecule has 0 unspecified atom stereocenters. The van der Waals surface area contributed by atoms with Gasteiger partial charge in [-0.1, -0.05) is 12.1 Å². The number of nitrogens with one attached hydrogen (secondary N) is 1. The van der Waals surface area contributed by atoms with Gasteiger partial charge in [-0.2, -0.15) is 5.26 Å². The van der Waals surface area contributed by atoms with Crippen molar-refractivity contribution in [1.82, 2.24) is 19.5 Å². The number of ether oxygens (including phenoxy) is 1. The summed E-state index contributed by atoms with van der Waals surface area (Å²) in [6.07, 6.45) is 1.42. The van der Waals surface area contributed by atoms with Crippen LogP contribution in [0, 0.1) is 11.3 Å². The lowest BCUT2D eigenvalue weighted by Crippen LogP contribution is -2.22. The number of H-pyrrole nitrogens is 1. The Morgan fingerprint density at radius 2 is 2.19 bits per heavy atom. The van der Waals surface area contributed by atoms with E-state index in [-0.39, 0.29) is 23.4 Å².